The predicted molar refractivity (Wildman–Crippen MR) is 94.0 cm³/mol. The Labute approximate surface area is 155 Å². The Hall–Kier alpha value is -2.32. The van der Waals surface area contributed by atoms with E-state index in [2.05, 4.69) is 5.32 Å². The smallest absolute Gasteiger partial charge is 0.245 e. The summed E-state index contributed by atoms with van der Waals surface area (Å²) in [5.74, 6) is -2.19. The first-order valence-corrected chi connectivity index (χ1v) is 10.0. The van der Waals surface area contributed by atoms with Gasteiger partial charge in [0.15, 0.2) is 0 Å². The minimum absolute atomic E-state index is 0.166. The molecular formula is C19H19F2NO4S. The van der Waals surface area contributed by atoms with Gasteiger partial charge in [-0.1, -0.05) is 6.07 Å². The highest BCUT2D eigenvalue weighted by Crippen LogP contribution is 2.36. The SMILES string of the molecule is O=C(CO)NCC1CCCc2cc(S(=O)(=O)c3cccc(F)c3)cc(F)c21. The standard InChI is InChI=1S/C19H19F2NO4S/c20-14-5-2-6-15(8-14)27(25,26)16-7-12-3-1-4-13(10-22-18(24)11-23)19(12)17(21)9-16/h2,5-9,13,23H,1,3-4,10-11H2,(H,22,24). The lowest BCUT2D eigenvalue weighted by Gasteiger charge is -2.27. The normalized spacial score (nSPS) is 16.6. The highest BCUT2D eigenvalue weighted by Gasteiger charge is 2.28. The van der Waals surface area contributed by atoms with Crippen LogP contribution in [0.4, 0.5) is 8.78 Å². The van der Waals surface area contributed by atoms with Crippen molar-refractivity contribution >= 4 is 15.7 Å². The van der Waals surface area contributed by atoms with Crippen LogP contribution in [0.1, 0.15) is 29.9 Å². The second-order valence-corrected chi connectivity index (χ2v) is 8.44. The molecule has 0 aliphatic heterocycles. The van der Waals surface area contributed by atoms with Gasteiger partial charge in [0.2, 0.25) is 15.7 Å². The Morgan fingerprint density at radius 2 is 1.96 bits per heavy atom. The molecular weight excluding hydrogens is 376 g/mol. The monoisotopic (exact) mass is 395 g/mol. The number of carbonyl (C=O) groups is 1. The summed E-state index contributed by atoms with van der Waals surface area (Å²) in [6, 6.07) is 6.97. The molecule has 0 spiro atoms. The fraction of sp³-hybridized carbons (Fsp3) is 0.316. The molecule has 1 unspecified atom stereocenters. The van der Waals surface area contributed by atoms with Crippen LogP contribution in [0.25, 0.3) is 0 Å². The third kappa shape index (κ3) is 4.01. The number of amides is 1. The number of aliphatic hydroxyl groups is 1. The maximum atomic E-state index is 14.8. The van der Waals surface area contributed by atoms with E-state index in [0.717, 1.165) is 24.6 Å². The van der Waals surface area contributed by atoms with Crippen LogP contribution in [0, 0.1) is 11.6 Å². The van der Waals surface area contributed by atoms with Gasteiger partial charge in [0.1, 0.15) is 18.2 Å². The molecule has 0 saturated carbocycles. The Bertz CT molecular complexity index is 976. The van der Waals surface area contributed by atoms with Gasteiger partial charge in [-0.25, -0.2) is 17.2 Å². The second kappa shape index (κ2) is 7.74. The van der Waals surface area contributed by atoms with Gasteiger partial charge in [0, 0.05) is 12.5 Å². The average Bonchev–Trinajstić information content (AvgIpc) is 2.65. The second-order valence-electron chi connectivity index (χ2n) is 6.49. The Balaban J connectivity index is 1.97. The fourth-order valence-corrected chi connectivity index (χ4v) is 4.77. The van der Waals surface area contributed by atoms with Gasteiger partial charge >= 0.3 is 0 Å². The zero-order valence-corrected chi connectivity index (χ0v) is 15.2. The molecule has 0 heterocycles. The van der Waals surface area contributed by atoms with E-state index in [1.807, 2.05) is 0 Å². The summed E-state index contributed by atoms with van der Waals surface area (Å²) >= 11 is 0. The molecule has 2 aromatic rings. The van der Waals surface area contributed by atoms with Crippen molar-refractivity contribution in [1.82, 2.24) is 5.32 Å². The van der Waals surface area contributed by atoms with Crippen molar-refractivity contribution < 1.29 is 27.1 Å². The van der Waals surface area contributed by atoms with Gasteiger partial charge in [-0.3, -0.25) is 4.79 Å². The number of sulfone groups is 1. The quantitative estimate of drug-likeness (QED) is 0.814. The first kappa shape index (κ1) is 19.4. The summed E-state index contributed by atoms with van der Waals surface area (Å²) in [5, 5.41) is 11.3. The maximum absolute atomic E-state index is 14.8. The van der Waals surface area contributed by atoms with Gasteiger partial charge in [-0.05, 0) is 60.7 Å². The number of carbonyl (C=O) groups excluding carboxylic acids is 1. The number of hydrogen-bond donors (Lipinski definition) is 2. The third-order valence-corrected chi connectivity index (χ3v) is 6.43. The Morgan fingerprint density at radius 3 is 2.67 bits per heavy atom. The average molecular weight is 395 g/mol. The van der Waals surface area contributed by atoms with Crippen LogP contribution < -0.4 is 5.32 Å². The van der Waals surface area contributed by atoms with Crippen molar-refractivity contribution in [1.29, 1.82) is 0 Å². The third-order valence-electron chi connectivity index (χ3n) is 4.70. The van der Waals surface area contributed by atoms with E-state index in [1.54, 1.807) is 0 Å². The first-order valence-electron chi connectivity index (χ1n) is 8.53. The van der Waals surface area contributed by atoms with Gasteiger partial charge in [-0.2, -0.15) is 0 Å². The number of fused-ring (bicyclic) bond motifs is 1. The van der Waals surface area contributed by atoms with Gasteiger partial charge in [0.25, 0.3) is 0 Å². The molecule has 144 valence electrons. The van der Waals surface area contributed by atoms with E-state index in [-0.39, 0.29) is 22.3 Å². The van der Waals surface area contributed by atoms with Crippen molar-refractivity contribution in [3.8, 4) is 0 Å². The summed E-state index contributed by atoms with van der Waals surface area (Å²) in [6.07, 6.45) is 1.88. The van der Waals surface area contributed by atoms with Crippen LogP contribution in [-0.2, 0) is 21.1 Å². The highest BCUT2D eigenvalue weighted by atomic mass is 32.2. The molecule has 5 nitrogen and oxygen atoms in total. The largest absolute Gasteiger partial charge is 0.387 e. The summed E-state index contributed by atoms with van der Waals surface area (Å²) in [7, 11) is -4.05. The number of benzene rings is 2. The molecule has 8 heteroatoms. The molecule has 0 bridgehead atoms. The summed E-state index contributed by atoms with van der Waals surface area (Å²) in [6.45, 7) is -0.480. The first-order chi connectivity index (χ1) is 12.8. The number of aryl methyl sites for hydroxylation is 1. The lowest BCUT2D eigenvalue weighted by atomic mass is 9.82. The molecule has 27 heavy (non-hydrogen) atoms. The van der Waals surface area contributed by atoms with Crippen LogP contribution in [0.15, 0.2) is 46.2 Å². The molecule has 1 amide bonds. The molecule has 0 radical (unpaired) electrons. The van der Waals surface area contributed by atoms with Crippen LogP contribution in [0.5, 0.6) is 0 Å². The van der Waals surface area contributed by atoms with Crippen LogP contribution >= 0.6 is 0 Å². The minimum Gasteiger partial charge on any atom is -0.387 e. The molecule has 1 aliphatic rings. The number of aliphatic hydroxyl groups excluding tert-OH is 1. The number of hydrogen-bond acceptors (Lipinski definition) is 4. The Kier molecular flexibility index (Phi) is 5.57. The van der Waals surface area contributed by atoms with Crippen molar-refractivity contribution in [3.05, 3.63) is 59.2 Å². The zero-order valence-electron chi connectivity index (χ0n) is 14.4. The van der Waals surface area contributed by atoms with Gasteiger partial charge < -0.3 is 10.4 Å². The van der Waals surface area contributed by atoms with E-state index in [9.17, 15) is 22.0 Å². The van der Waals surface area contributed by atoms with Crippen LogP contribution in [0.3, 0.4) is 0 Å². The lowest BCUT2D eigenvalue weighted by molar-refractivity contribution is -0.123. The van der Waals surface area contributed by atoms with E-state index in [1.165, 1.54) is 18.2 Å². The molecule has 1 aliphatic carbocycles. The molecule has 0 saturated heterocycles. The van der Waals surface area contributed by atoms with Gasteiger partial charge in [0.05, 0.1) is 9.79 Å². The minimum atomic E-state index is -4.05. The van der Waals surface area contributed by atoms with Gasteiger partial charge in [-0.15, -0.1) is 0 Å². The maximum Gasteiger partial charge on any atom is 0.245 e. The number of rotatable bonds is 5. The van der Waals surface area contributed by atoms with Crippen molar-refractivity contribution in [2.45, 2.75) is 35.0 Å². The van der Waals surface area contributed by atoms with E-state index in [0.29, 0.717) is 24.0 Å². The summed E-state index contributed by atoms with van der Waals surface area (Å²) < 4.78 is 53.7. The van der Waals surface area contributed by atoms with E-state index in [4.69, 9.17) is 5.11 Å². The predicted octanol–water partition coefficient (Wildman–Crippen LogP) is 2.33. The van der Waals surface area contributed by atoms with Crippen molar-refractivity contribution in [2.24, 2.45) is 0 Å². The highest BCUT2D eigenvalue weighted by molar-refractivity contribution is 7.91. The zero-order chi connectivity index (χ0) is 19.6. The molecule has 3 rings (SSSR count). The fourth-order valence-electron chi connectivity index (χ4n) is 3.42. The van der Waals surface area contributed by atoms with E-state index >= 15 is 0 Å². The lowest BCUT2D eigenvalue weighted by Crippen LogP contribution is -2.32. The molecule has 2 aromatic carbocycles. The van der Waals surface area contributed by atoms with Crippen LogP contribution in [-0.4, -0.2) is 32.6 Å². The summed E-state index contributed by atoms with van der Waals surface area (Å²) in [5.41, 5.74) is 0.956. The van der Waals surface area contributed by atoms with Crippen LogP contribution in [0.2, 0.25) is 0 Å². The molecule has 0 fully saturated rings. The topological polar surface area (TPSA) is 83.5 Å². The molecule has 1 atom stereocenters. The number of nitrogens with one attached hydrogen (secondary N) is 1. The Morgan fingerprint density at radius 1 is 1.19 bits per heavy atom. The van der Waals surface area contributed by atoms with Crippen molar-refractivity contribution in [2.75, 3.05) is 13.2 Å². The number of halogens is 2. The summed E-state index contributed by atoms with van der Waals surface area (Å²) in [4.78, 5) is 10.8. The van der Waals surface area contributed by atoms with Crippen molar-refractivity contribution in [3.63, 3.8) is 0 Å². The molecule has 0 aromatic heterocycles. The van der Waals surface area contributed by atoms with E-state index < -0.39 is 34.0 Å². The molecule has 2 N–H and O–H groups in total.